The van der Waals surface area contributed by atoms with Crippen LogP contribution in [0.15, 0.2) is 36.4 Å². The molecule has 1 aliphatic heterocycles. The van der Waals surface area contributed by atoms with Crippen molar-refractivity contribution in [2.24, 2.45) is 0 Å². The summed E-state index contributed by atoms with van der Waals surface area (Å²) in [5, 5.41) is 3.01. The summed E-state index contributed by atoms with van der Waals surface area (Å²) in [5.74, 6) is -2.54. The van der Waals surface area contributed by atoms with Crippen molar-refractivity contribution in [1.29, 1.82) is 0 Å². The van der Waals surface area contributed by atoms with Crippen molar-refractivity contribution < 1.29 is 23.1 Å². The highest BCUT2D eigenvalue weighted by Crippen LogP contribution is 2.32. The van der Waals surface area contributed by atoms with Crippen molar-refractivity contribution in [3.05, 3.63) is 53.1 Å². The molecule has 1 atom stereocenters. The highest BCUT2D eigenvalue weighted by atomic mass is 35.5. The van der Waals surface area contributed by atoms with E-state index in [1.807, 2.05) is 0 Å². The summed E-state index contributed by atoms with van der Waals surface area (Å²) in [7, 11) is 1.45. The number of nitrogens with zero attached hydrogens (tertiary/aromatic N) is 1. The van der Waals surface area contributed by atoms with E-state index in [0.717, 1.165) is 17.0 Å². The van der Waals surface area contributed by atoms with E-state index in [4.69, 9.17) is 16.3 Å². The third-order valence-corrected chi connectivity index (χ3v) is 4.10. The lowest BCUT2D eigenvalue weighted by molar-refractivity contribution is -0.121. The number of rotatable bonds is 4. The van der Waals surface area contributed by atoms with Gasteiger partial charge >= 0.3 is 0 Å². The van der Waals surface area contributed by atoms with E-state index in [9.17, 15) is 18.4 Å². The number of imide groups is 1. The van der Waals surface area contributed by atoms with Gasteiger partial charge in [0.2, 0.25) is 5.91 Å². The van der Waals surface area contributed by atoms with Gasteiger partial charge in [-0.1, -0.05) is 11.6 Å². The maximum atomic E-state index is 13.3. The molecule has 1 N–H and O–H groups in total. The van der Waals surface area contributed by atoms with Crippen molar-refractivity contribution in [2.75, 3.05) is 17.3 Å². The molecule has 130 valence electrons. The summed E-state index contributed by atoms with van der Waals surface area (Å²) in [4.78, 5) is 25.8. The third-order valence-electron chi connectivity index (χ3n) is 3.80. The molecule has 2 aromatic rings. The van der Waals surface area contributed by atoms with E-state index in [2.05, 4.69) is 5.32 Å². The van der Waals surface area contributed by atoms with Gasteiger partial charge in [0, 0.05) is 11.8 Å². The van der Waals surface area contributed by atoms with E-state index in [-0.39, 0.29) is 17.1 Å². The first kappa shape index (κ1) is 17.2. The number of benzene rings is 2. The smallest absolute Gasteiger partial charge is 0.256 e. The van der Waals surface area contributed by atoms with Gasteiger partial charge in [-0.2, -0.15) is 0 Å². The average Bonchev–Trinajstić information content (AvgIpc) is 2.85. The minimum absolute atomic E-state index is 0.110. The molecule has 0 bridgehead atoms. The van der Waals surface area contributed by atoms with Crippen molar-refractivity contribution in [2.45, 2.75) is 12.5 Å². The molecule has 0 aliphatic carbocycles. The molecule has 0 aromatic heterocycles. The van der Waals surface area contributed by atoms with Gasteiger partial charge in [0.1, 0.15) is 11.8 Å². The summed E-state index contributed by atoms with van der Waals surface area (Å²) in [5.41, 5.74) is 0.523. The van der Waals surface area contributed by atoms with Gasteiger partial charge in [0.05, 0.1) is 24.2 Å². The van der Waals surface area contributed by atoms with Crippen LogP contribution in [0.4, 0.5) is 20.2 Å². The normalized spacial score (nSPS) is 17.1. The van der Waals surface area contributed by atoms with Gasteiger partial charge in [0.15, 0.2) is 11.6 Å². The number of hydrogen-bond acceptors (Lipinski definition) is 4. The molecule has 2 amide bonds. The molecule has 0 saturated carbocycles. The van der Waals surface area contributed by atoms with Gasteiger partial charge in [-0.25, -0.2) is 13.7 Å². The average molecular weight is 367 g/mol. The molecule has 5 nitrogen and oxygen atoms in total. The lowest BCUT2D eigenvalue weighted by atomic mass is 10.2. The summed E-state index contributed by atoms with van der Waals surface area (Å²) >= 11 is 6.03. The molecule has 1 aliphatic rings. The molecule has 2 aromatic carbocycles. The van der Waals surface area contributed by atoms with Crippen LogP contribution in [0, 0.1) is 11.6 Å². The number of halogens is 3. The topological polar surface area (TPSA) is 58.6 Å². The van der Waals surface area contributed by atoms with Gasteiger partial charge in [-0.15, -0.1) is 0 Å². The second-order valence-corrected chi connectivity index (χ2v) is 5.82. The summed E-state index contributed by atoms with van der Waals surface area (Å²) in [6.45, 7) is 0. The predicted molar refractivity (Wildman–Crippen MR) is 88.9 cm³/mol. The Morgan fingerprint density at radius 1 is 1.16 bits per heavy atom. The Labute approximate surface area is 147 Å². The largest absolute Gasteiger partial charge is 0.495 e. The fraction of sp³-hybridized carbons (Fsp3) is 0.176. The predicted octanol–water partition coefficient (Wildman–Crippen LogP) is 3.37. The number of anilines is 2. The van der Waals surface area contributed by atoms with Crippen molar-refractivity contribution in [1.82, 2.24) is 0 Å². The highest BCUT2D eigenvalue weighted by molar-refractivity contribution is 6.33. The van der Waals surface area contributed by atoms with Crippen LogP contribution in [0.3, 0.4) is 0 Å². The number of hydrogen-bond donors (Lipinski definition) is 1. The highest BCUT2D eigenvalue weighted by Gasteiger charge is 2.39. The van der Waals surface area contributed by atoms with Crippen LogP contribution in [0.2, 0.25) is 5.02 Å². The zero-order chi connectivity index (χ0) is 18.1. The second-order valence-electron chi connectivity index (χ2n) is 5.42. The Bertz CT molecular complexity index is 860. The van der Waals surface area contributed by atoms with Crippen LogP contribution in [-0.4, -0.2) is 25.0 Å². The molecular weight excluding hydrogens is 354 g/mol. The molecular formula is C17H13ClF2N2O3. The van der Waals surface area contributed by atoms with E-state index < -0.39 is 29.5 Å². The molecule has 8 heteroatoms. The van der Waals surface area contributed by atoms with E-state index in [0.29, 0.717) is 11.4 Å². The summed E-state index contributed by atoms with van der Waals surface area (Å²) < 4.78 is 31.3. The summed E-state index contributed by atoms with van der Waals surface area (Å²) in [6, 6.07) is 6.84. The molecule has 1 fully saturated rings. The zero-order valence-corrected chi connectivity index (χ0v) is 13.8. The Kier molecular flexibility index (Phi) is 4.59. The minimum atomic E-state index is -1.04. The first-order valence-electron chi connectivity index (χ1n) is 7.32. The number of methoxy groups -OCH3 is 1. The van der Waals surface area contributed by atoms with Gasteiger partial charge in [-0.05, 0) is 30.3 Å². The number of nitrogens with one attached hydrogen (secondary N) is 1. The van der Waals surface area contributed by atoms with Gasteiger partial charge in [0.25, 0.3) is 5.91 Å². The van der Waals surface area contributed by atoms with Crippen molar-refractivity contribution in [3.8, 4) is 5.75 Å². The second kappa shape index (κ2) is 6.68. The zero-order valence-electron chi connectivity index (χ0n) is 13.1. The molecule has 0 radical (unpaired) electrons. The van der Waals surface area contributed by atoms with Crippen LogP contribution >= 0.6 is 11.6 Å². The molecule has 1 saturated heterocycles. The van der Waals surface area contributed by atoms with Crippen LogP contribution in [0.5, 0.6) is 5.75 Å². The Balaban J connectivity index is 1.82. The van der Waals surface area contributed by atoms with Gasteiger partial charge in [-0.3, -0.25) is 9.59 Å². The standard InChI is InChI=1S/C17H13ClF2N2O3/c1-25-15-5-3-10(7-11(15)18)22-16(23)8-14(17(22)24)21-9-2-4-12(19)13(20)6-9/h2-7,14,21H,8H2,1H3/t14-/m0/s1. The number of carbonyl (C=O) groups excluding carboxylic acids is 2. The van der Waals surface area contributed by atoms with Crippen LogP contribution in [0.1, 0.15) is 6.42 Å². The van der Waals surface area contributed by atoms with E-state index in [1.54, 1.807) is 12.1 Å². The van der Waals surface area contributed by atoms with E-state index in [1.165, 1.54) is 19.2 Å². The fourth-order valence-corrected chi connectivity index (χ4v) is 2.85. The first-order chi connectivity index (χ1) is 11.9. The monoisotopic (exact) mass is 366 g/mol. The lowest BCUT2D eigenvalue weighted by Crippen LogP contribution is -2.34. The van der Waals surface area contributed by atoms with Crippen molar-refractivity contribution >= 4 is 34.8 Å². The van der Waals surface area contributed by atoms with Gasteiger partial charge < -0.3 is 10.1 Å². The quantitative estimate of drug-likeness (QED) is 0.843. The maximum Gasteiger partial charge on any atom is 0.256 e. The number of amides is 2. The minimum Gasteiger partial charge on any atom is -0.495 e. The molecule has 25 heavy (non-hydrogen) atoms. The van der Waals surface area contributed by atoms with E-state index >= 15 is 0 Å². The Morgan fingerprint density at radius 2 is 1.92 bits per heavy atom. The number of ether oxygens (including phenoxy) is 1. The molecule has 0 unspecified atom stereocenters. The fourth-order valence-electron chi connectivity index (χ4n) is 2.60. The van der Waals surface area contributed by atoms with Crippen LogP contribution in [-0.2, 0) is 9.59 Å². The maximum absolute atomic E-state index is 13.3. The molecule has 1 heterocycles. The van der Waals surface area contributed by atoms with Crippen molar-refractivity contribution in [3.63, 3.8) is 0 Å². The molecule has 3 rings (SSSR count). The first-order valence-corrected chi connectivity index (χ1v) is 7.70. The Hall–Kier alpha value is -2.67. The lowest BCUT2D eigenvalue weighted by Gasteiger charge is -2.17. The third kappa shape index (κ3) is 3.28. The molecule has 0 spiro atoms. The van der Waals surface area contributed by atoms with Crippen LogP contribution in [0.25, 0.3) is 0 Å². The van der Waals surface area contributed by atoms with Crippen LogP contribution < -0.4 is 15.0 Å². The summed E-state index contributed by atoms with van der Waals surface area (Å²) in [6.07, 6.45) is -0.110. The SMILES string of the molecule is COc1ccc(N2C(=O)C[C@H](Nc3ccc(F)c(F)c3)C2=O)cc1Cl. The Morgan fingerprint density at radius 3 is 2.56 bits per heavy atom. The number of carbonyl (C=O) groups is 2.